The Morgan fingerprint density at radius 1 is 1.22 bits per heavy atom. The van der Waals surface area contributed by atoms with E-state index < -0.39 is 0 Å². The molecule has 2 saturated heterocycles. The number of piperazine rings is 1. The van der Waals surface area contributed by atoms with Crippen LogP contribution in [0, 0.1) is 0 Å². The third kappa shape index (κ3) is 2.41. The lowest BCUT2D eigenvalue weighted by Crippen LogP contribution is -2.61. The Hall–Kier alpha value is -0.970. The van der Waals surface area contributed by atoms with Gasteiger partial charge in [-0.2, -0.15) is 0 Å². The fourth-order valence-corrected chi connectivity index (χ4v) is 2.83. The zero-order chi connectivity index (χ0) is 12.4. The molecule has 2 fully saturated rings. The van der Waals surface area contributed by atoms with E-state index >= 15 is 0 Å². The number of pyridine rings is 1. The summed E-state index contributed by atoms with van der Waals surface area (Å²) in [4.78, 5) is 9.64. The predicted molar refractivity (Wildman–Crippen MR) is 72.5 cm³/mol. The number of hydrogen-bond donors (Lipinski definition) is 1. The first kappa shape index (κ1) is 12.1. The maximum atomic E-state index is 4.47. The summed E-state index contributed by atoms with van der Waals surface area (Å²) in [6.45, 7) is 9.34. The molecule has 4 heteroatoms. The van der Waals surface area contributed by atoms with Gasteiger partial charge in [0.05, 0.1) is 5.69 Å². The van der Waals surface area contributed by atoms with Crippen LogP contribution in [0.2, 0.25) is 0 Å². The highest BCUT2D eigenvalue weighted by Crippen LogP contribution is 2.20. The van der Waals surface area contributed by atoms with E-state index in [0.29, 0.717) is 6.04 Å². The van der Waals surface area contributed by atoms with Crippen molar-refractivity contribution in [3.8, 4) is 0 Å². The lowest BCUT2D eigenvalue weighted by atomic mass is 10.1. The fourth-order valence-electron chi connectivity index (χ4n) is 2.83. The Kier molecular flexibility index (Phi) is 3.59. The fraction of sp³-hybridized carbons (Fsp3) is 0.643. The summed E-state index contributed by atoms with van der Waals surface area (Å²) in [7, 11) is 0. The Bertz CT molecular complexity index is 369. The lowest BCUT2D eigenvalue weighted by molar-refractivity contribution is 0.0543. The maximum Gasteiger partial charge on any atom is 0.0572 e. The van der Waals surface area contributed by atoms with Crippen LogP contribution in [0.3, 0.4) is 0 Å². The first-order valence-electron chi connectivity index (χ1n) is 6.94. The summed E-state index contributed by atoms with van der Waals surface area (Å²) in [5.74, 6) is 0. The van der Waals surface area contributed by atoms with Crippen molar-refractivity contribution < 1.29 is 0 Å². The number of nitrogens with zero attached hydrogens (tertiary/aromatic N) is 3. The summed E-state index contributed by atoms with van der Waals surface area (Å²) in [6.07, 6.45) is 1.89. The third-order valence-electron chi connectivity index (χ3n) is 4.29. The van der Waals surface area contributed by atoms with E-state index in [1.807, 2.05) is 12.3 Å². The van der Waals surface area contributed by atoms with Crippen molar-refractivity contribution in [2.45, 2.75) is 19.0 Å². The van der Waals surface area contributed by atoms with Gasteiger partial charge < -0.3 is 5.32 Å². The molecule has 1 aromatic rings. The molecule has 2 aliphatic rings. The van der Waals surface area contributed by atoms with E-state index in [0.717, 1.165) is 19.1 Å². The second-order valence-electron chi connectivity index (χ2n) is 5.31. The van der Waals surface area contributed by atoms with Gasteiger partial charge in [0.15, 0.2) is 0 Å². The first-order chi connectivity index (χ1) is 8.84. The smallest absolute Gasteiger partial charge is 0.0572 e. The predicted octanol–water partition coefficient (Wildman–Crippen LogP) is 0.732. The van der Waals surface area contributed by atoms with Gasteiger partial charge in [-0.15, -0.1) is 0 Å². The highest BCUT2D eigenvalue weighted by molar-refractivity contribution is 5.08. The van der Waals surface area contributed by atoms with Gasteiger partial charge in [0, 0.05) is 57.5 Å². The van der Waals surface area contributed by atoms with Crippen molar-refractivity contribution >= 4 is 0 Å². The molecule has 2 aliphatic heterocycles. The zero-order valence-corrected chi connectivity index (χ0v) is 11.0. The standard InChI is InChI=1S/C14H22N4/c1-12(14-4-2-3-5-16-14)17-6-8-18(9-7-17)13-10-15-11-13/h2-5,12-13,15H,6-11H2,1H3. The van der Waals surface area contributed by atoms with Crippen molar-refractivity contribution in [3.63, 3.8) is 0 Å². The molecule has 0 spiro atoms. The molecule has 0 amide bonds. The highest BCUT2D eigenvalue weighted by Gasteiger charge is 2.29. The van der Waals surface area contributed by atoms with Crippen molar-refractivity contribution in [3.05, 3.63) is 30.1 Å². The van der Waals surface area contributed by atoms with E-state index in [4.69, 9.17) is 0 Å². The molecule has 1 aromatic heterocycles. The SMILES string of the molecule is CC(c1ccccn1)N1CCN(C2CNC2)CC1. The van der Waals surface area contributed by atoms with Crippen LogP contribution in [0.15, 0.2) is 24.4 Å². The third-order valence-corrected chi connectivity index (χ3v) is 4.29. The topological polar surface area (TPSA) is 31.4 Å². The molecule has 18 heavy (non-hydrogen) atoms. The molecule has 1 N–H and O–H groups in total. The summed E-state index contributed by atoms with van der Waals surface area (Å²) in [5.41, 5.74) is 1.19. The molecule has 3 rings (SSSR count). The van der Waals surface area contributed by atoms with Gasteiger partial charge in [-0.3, -0.25) is 14.8 Å². The normalized spacial score (nSPS) is 24.7. The van der Waals surface area contributed by atoms with Crippen molar-refractivity contribution in [2.75, 3.05) is 39.3 Å². The van der Waals surface area contributed by atoms with Gasteiger partial charge in [0.2, 0.25) is 0 Å². The summed E-state index contributed by atoms with van der Waals surface area (Å²) < 4.78 is 0. The molecule has 0 aromatic carbocycles. The van der Waals surface area contributed by atoms with Crippen LogP contribution >= 0.6 is 0 Å². The van der Waals surface area contributed by atoms with Gasteiger partial charge in [-0.05, 0) is 19.1 Å². The zero-order valence-electron chi connectivity index (χ0n) is 11.0. The number of nitrogens with one attached hydrogen (secondary N) is 1. The quantitative estimate of drug-likeness (QED) is 0.852. The molecule has 3 heterocycles. The second kappa shape index (κ2) is 5.34. The van der Waals surface area contributed by atoms with E-state index in [2.05, 4.69) is 39.2 Å². The van der Waals surface area contributed by atoms with Gasteiger partial charge in [-0.25, -0.2) is 0 Å². The lowest BCUT2D eigenvalue weighted by Gasteiger charge is -2.44. The molecule has 0 aliphatic carbocycles. The van der Waals surface area contributed by atoms with Crippen LogP contribution < -0.4 is 5.32 Å². The minimum absolute atomic E-state index is 0.438. The Labute approximate surface area is 109 Å². The molecule has 98 valence electrons. The van der Waals surface area contributed by atoms with Crippen molar-refractivity contribution in [2.24, 2.45) is 0 Å². The average Bonchev–Trinajstić information content (AvgIpc) is 2.38. The molecule has 1 atom stereocenters. The molecule has 1 unspecified atom stereocenters. The van der Waals surface area contributed by atoms with Gasteiger partial charge in [0.25, 0.3) is 0 Å². The van der Waals surface area contributed by atoms with E-state index in [9.17, 15) is 0 Å². The minimum Gasteiger partial charge on any atom is -0.314 e. The van der Waals surface area contributed by atoms with E-state index in [-0.39, 0.29) is 0 Å². The number of rotatable bonds is 3. The highest BCUT2D eigenvalue weighted by atomic mass is 15.3. The summed E-state index contributed by atoms with van der Waals surface area (Å²) >= 11 is 0. The van der Waals surface area contributed by atoms with Crippen LogP contribution in [0.5, 0.6) is 0 Å². The van der Waals surface area contributed by atoms with Gasteiger partial charge >= 0.3 is 0 Å². The largest absolute Gasteiger partial charge is 0.314 e. The minimum atomic E-state index is 0.438. The Morgan fingerprint density at radius 3 is 2.56 bits per heavy atom. The van der Waals surface area contributed by atoms with Gasteiger partial charge in [0.1, 0.15) is 0 Å². The van der Waals surface area contributed by atoms with Crippen LogP contribution in [-0.4, -0.2) is 60.1 Å². The first-order valence-corrected chi connectivity index (χ1v) is 6.94. The van der Waals surface area contributed by atoms with E-state index in [1.54, 1.807) is 0 Å². The van der Waals surface area contributed by atoms with Gasteiger partial charge in [-0.1, -0.05) is 6.07 Å². The molecule has 0 saturated carbocycles. The van der Waals surface area contributed by atoms with Crippen LogP contribution in [0.1, 0.15) is 18.7 Å². The number of hydrogen-bond acceptors (Lipinski definition) is 4. The molecule has 0 bridgehead atoms. The van der Waals surface area contributed by atoms with E-state index in [1.165, 1.54) is 31.9 Å². The van der Waals surface area contributed by atoms with Crippen LogP contribution in [-0.2, 0) is 0 Å². The molecule has 4 nitrogen and oxygen atoms in total. The van der Waals surface area contributed by atoms with Crippen molar-refractivity contribution in [1.29, 1.82) is 0 Å². The monoisotopic (exact) mass is 246 g/mol. The molecular weight excluding hydrogens is 224 g/mol. The molecular formula is C14H22N4. The summed E-state index contributed by atoms with van der Waals surface area (Å²) in [5, 5.41) is 3.35. The molecule has 0 radical (unpaired) electrons. The van der Waals surface area contributed by atoms with Crippen molar-refractivity contribution in [1.82, 2.24) is 20.1 Å². The van der Waals surface area contributed by atoms with Crippen LogP contribution in [0.4, 0.5) is 0 Å². The summed E-state index contributed by atoms with van der Waals surface area (Å²) in [6, 6.07) is 7.42. The van der Waals surface area contributed by atoms with Crippen LogP contribution in [0.25, 0.3) is 0 Å². The number of aromatic nitrogens is 1. The maximum absolute atomic E-state index is 4.47. The Balaban J connectivity index is 1.55. The second-order valence-corrected chi connectivity index (χ2v) is 5.31. The Morgan fingerprint density at radius 2 is 2.00 bits per heavy atom. The average molecular weight is 246 g/mol.